The van der Waals surface area contributed by atoms with Gasteiger partial charge in [-0.15, -0.1) is 11.3 Å². The Morgan fingerprint density at radius 1 is 1.26 bits per heavy atom. The van der Waals surface area contributed by atoms with Crippen molar-refractivity contribution in [3.8, 4) is 0 Å². The van der Waals surface area contributed by atoms with Crippen LogP contribution in [0.2, 0.25) is 0 Å². The zero-order valence-electron chi connectivity index (χ0n) is 11.8. The van der Waals surface area contributed by atoms with E-state index in [1.54, 1.807) is 11.3 Å². The summed E-state index contributed by atoms with van der Waals surface area (Å²) in [5.41, 5.74) is 1.17. The smallest absolute Gasteiger partial charge is 0.189 e. The summed E-state index contributed by atoms with van der Waals surface area (Å²) in [6, 6.07) is 10.3. The monoisotopic (exact) mass is 275 g/mol. The minimum atomic E-state index is 0.680. The molecule has 0 aliphatic heterocycles. The van der Waals surface area contributed by atoms with Crippen molar-refractivity contribution in [2.45, 2.75) is 20.4 Å². The lowest BCUT2D eigenvalue weighted by molar-refractivity contribution is 0.554. The van der Waals surface area contributed by atoms with Crippen molar-refractivity contribution >= 4 is 22.2 Å². The van der Waals surface area contributed by atoms with Crippen LogP contribution in [0.3, 0.4) is 0 Å². The van der Waals surface area contributed by atoms with Gasteiger partial charge in [0.1, 0.15) is 0 Å². The first kappa shape index (κ1) is 14.0. The van der Waals surface area contributed by atoms with Crippen molar-refractivity contribution in [1.82, 2.24) is 10.3 Å². The van der Waals surface area contributed by atoms with Gasteiger partial charge in [-0.2, -0.15) is 0 Å². The molecule has 0 atom stereocenters. The van der Waals surface area contributed by atoms with Gasteiger partial charge in [-0.05, 0) is 24.6 Å². The second-order valence-electron chi connectivity index (χ2n) is 5.03. The van der Waals surface area contributed by atoms with Gasteiger partial charge in [-0.25, -0.2) is 4.98 Å². The van der Waals surface area contributed by atoms with Gasteiger partial charge in [0, 0.05) is 30.4 Å². The fourth-order valence-corrected chi connectivity index (χ4v) is 2.64. The first-order valence-corrected chi connectivity index (χ1v) is 7.42. The Hall–Kier alpha value is -1.39. The van der Waals surface area contributed by atoms with Crippen LogP contribution in [0.15, 0.2) is 36.5 Å². The Bertz CT molecular complexity index is 493. The van der Waals surface area contributed by atoms with Gasteiger partial charge >= 0.3 is 0 Å². The van der Waals surface area contributed by atoms with Gasteiger partial charge in [-0.1, -0.05) is 32.0 Å². The largest absolute Gasteiger partial charge is 0.321 e. The van der Waals surface area contributed by atoms with Crippen molar-refractivity contribution in [3.05, 3.63) is 41.4 Å². The highest BCUT2D eigenvalue weighted by atomic mass is 32.1. The molecule has 1 aromatic carbocycles. The Morgan fingerprint density at radius 2 is 2.00 bits per heavy atom. The minimum absolute atomic E-state index is 0.680. The zero-order valence-corrected chi connectivity index (χ0v) is 12.6. The standard InChI is InChI=1S/C15H21N3S/c1-12(2)9-16-10-14-11-17-15(19-14)18(3)13-7-5-4-6-8-13/h4-8,11-12,16H,9-10H2,1-3H3. The maximum Gasteiger partial charge on any atom is 0.189 e. The molecule has 102 valence electrons. The van der Waals surface area contributed by atoms with Crippen molar-refractivity contribution in [3.63, 3.8) is 0 Å². The number of benzene rings is 1. The first-order valence-electron chi connectivity index (χ1n) is 6.61. The molecular formula is C15H21N3S. The van der Waals surface area contributed by atoms with Gasteiger partial charge in [-0.3, -0.25) is 0 Å². The van der Waals surface area contributed by atoms with Crippen LogP contribution in [-0.4, -0.2) is 18.6 Å². The van der Waals surface area contributed by atoms with Crippen molar-refractivity contribution in [1.29, 1.82) is 0 Å². The van der Waals surface area contributed by atoms with E-state index in [1.165, 1.54) is 10.6 Å². The third-order valence-electron chi connectivity index (χ3n) is 2.82. The quantitative estimate of drug-likeness (QED) is 0.872. The maximum absolute atomic E-state index is 4.49. The topological polar surface area (TPSA) is 28.2 Å². The second kappa shape index (κ2) is 6.68. The molecule has 1 N–H and O–H groups in total. The minimum Gasteiger partial charge on any atom is -0.321 e. The molecule has 2 rings (SSSR count). The molecule has 1 aromatic heterocycles. The maximum atomic E-state index is 4.49. The number of aromatic nitrogens is 1. The van der Waals surface area contributed by atoms with Gasteiger partial charge in [0.2, 0.25) is 0 Å². The van der Waals surface area contributed by atoms with Crippen LogP contribution in [0.25, 0.3) is 0 Å². The van der Waals surface area contributed by atoms with Gasteiger partial charge < -0.3 is 10.2 Å². The summed E-state index contributed by atoms with van der Waals surface area (Å²) < 4.78 is 0. The lowest BCUT2D eigenvalue weighted by Gasteiger charge is -2.15. The summed E-state index contributed by atoms with van der Waals surface area (Å²) in [6.07, 6.45) is 1.97. The summed E-state index contributed by atoms with van der Waals surface area (Å²) in [5, 5.41) is 4.48. The van der Waals surface area contributed by atoms with E-state index in [0.29, 0.717) is 5.92 Å². The molecule has 0 unspecified atom stereocenters. The molecule has 0 fully saturated rings. The predicted molar refractivity (Wildman–Crippen MR) is 83.2 cm³/mol. The zero-order chi connectivity index (χ0) is 13.7. The van der Waals surface area contributed by atoms with Crippen LogP contribution in [0, 0.1) is 5.92 Å². The van der Waals surface area contributed by atoms with Crippen LogP contribution in [0.1, 0.15) is 18.7 Å². The molecule has 0 radical (unpaired) electrons. The number of thiazole rings is 1. The average Bonchev–Trinajstić information content (AvgIpc) is 2.87. The fraction of sp³-hybridized carbons (Fsp3) is 0.400. The third kappa shape index (κ3) is 4.04. The molecule has 2 aromatic rings. The first-order chi connectivity index (χ1) is 9.16. The molecule has 4 heteroatoms. The molecule has 1 heterocycles. The summed E-state index contributed by atoms with van der Waals surface area (Å²) >= 11 is 1.74. The normalized spacial score (nSPS) is 10.9. The molecule has 3 nitrogen and oxygen atoms in total. The van der Waals surface area contributed by atoms with Crippen molar-refractivity contribution in [2.24, 2.45) is 5.92 Å². The number of nitrogens with zero attached hydrogens (tertiary/aromatic N) is 2. The van der Waals surface area contributed by atoms with Crippen molar-refractivity contribution < 1.29 is 0 Å². The predicted octanol–water partition coefficient (Wildman–Crippen LogP) is 3.66. The molecular weight excluding hydrogens is 254 g/mol. The van der Waals surface area contributed by atoms with Gasteiger partial charge in [0.15, 0.2) is 5.13 Å². The Labute approximate surface area is 119 Å². The lowest BCUT2D eigenvalue weighted by Crippen LogP contribution is -2.18. The number of rotatable bonds is 6. The molecule has 0 spiro atoms. The SMILES string of the molecule is CC(C)CNCc1cnc(N(C)c2ccccc2)s1. The second-order valence-corrected chi connectivity index (χ2v) is 6.12. The van der Waals surface area contributed by atoms with E-state index in [4.69, 9.17) is 0 Å². The molecule has 0 aliphatic carbocycles. The highest BCUT2D eigenvalue weighted by molar-refractivity contribution is 7.15. The summed E-state index contributed by atoms with van der Waals surface area (Å²) in [4.78, 5) is 7.89. The molecule has 0 bridgehead atoms. The number of para-hydroxylation sites is 1. The molecule has 0 amide bonds. The molecule has 19 heavy (non-hydrogen) atoms. The third-order valence-corrected chi connectivity index (χ3v) is 3.90. The number of nitrogens with one attached hydrogen (secondary N) is 1. The van der Waals surface area contributed by atoms with E-state index < -0.39 is 0 Å². The van der Waals surface area contributed by atoms with Gasteiger partial charge in [0.25, 0.3) is 0 Å². The number of hydrogen-bond donors (Lipinski definition) is 1. The van der Waals surface area contributed by atoms with Crippen LogP contribution in [0.4, 0.5) is 10.8 Å². The number of hydrogen-bond acceptors (Lipinski definition) is 4. The highest BCUT2D eigenvalue weighted by Crippen LogP contribution is 2.27. The average molecular weight is 275 g/mol. The molecule has 0 saturated heterocycles. The Kier molecular flexibility index (Phi) is 4.93. The number of anilines is 2. The molecule has 0 saturated carbocycles. The van der Waals surface area contributed by atoms with E-state index in [1.807, 2.05) is 24.4 Å². The summed E-state index contributed by atoms with van der Waals surface area (Å²) in [5.74, 6) is 0.680. The van der Waals surface area contributed by atoms with Crippen molar-refractivity contribution in [2.75, 3.05) is 18.5 Å². The van der Waals surface area contributed by atoms with Crippen LogP contribution in [-0.2, 0) is 6.54 Å². The Balaban J connectivity index is 1.97. The van der Waals surface area contributed by atoms with E-state index in [2.05, 4.69) is 48.2 Å². The lowest BCUT2D eigenvalue weighted by atomic mass is 10.2. The van der Waals surface area contributed by atoms with Crippen LogP contribution in [0.5, 0.6) is 0 Å². The Morgan fingerprint density at radius 3 is 2.68 bits per heavy atom. The summed E-state index contributed by atoms with van der Waals surface area (Å²) in [6.45, 7) is 6.38. The van der Waals surface area contributed by atoms with Crippen LogP contribution >= 0.6 is 11.3 Å². The summed E-state index contributed by atoms with van der Waals surface area (Å²) in [7, 11) is 2.06. The fourth-order valence-electron chi connectivity index (χ4n) is 1.78. The van der Waals surface area contributed by atoms with E-state index in [9.17, 15) is 0 Å². The van der Waals surface area contributed by atoms with Gasteiger partial charge in [0.05, 0.1) is 0 Å². The van der Waals surface area contributed by atoms with E-state index in [0.717, 1.165) is 18.2 Å². The molecule has 0 aliphatic rings. The highest BCUT2D eigenvalue weighted by Gasteiger charge is 2.08. The van der Waals surface area contributed by atoms with Crippen LogP contribution < -0.4 is 10.2 Å². The van der Waals surface area contributed by atoms with E-state index in [-0.39, 0.29) is 0 Å². The van der Waals surface area contributed by atoms with E-state index >= 15 is 0 Å².